The molecule has 2 heterocycles. The highest BCUT2D eigenvalue weighted by Crippen LogP contribution is 2.44. The lowest BCUT2D eigenvalue weighted by Crippen LogP contribution is -2.25. The fourth-order valence-electron chi connectivity index (χ4n) is 3.42. The number of hydrogen-bond donors (Lipinski definition) is 1. The van der Waals surface area contributed by atoms with Crippen molar-refractivity contribution in [3.63, 3.8) is 0 Å². The molecule has 0 bridgehead atoms. The standard InChI is InChI=1S/C22H13Cl2N3O3/c23-12-9-10-13(16(24)11-12)21-26-27-22(30-21)25-20(28)19-14-5-1-3-7-17(14)29-18-8-4-2-6-15(18)19/h1-11,19H,(H,25,27,28). The van der Waals surface area contributed by atoms with Gasteiger partial charge in [0.25, 0.3) is 5.89 Å². The number of ether oxygens (including phenoxy) is 1. The van der Waals surface area contributed by atoms with Gasteiger partial charge in [-0.25, -0.2) is 0 Å². The highest BCUT2D eigenvalue weighted by Gasteiger charge is 2.33. The summed E-state index contributed by atoms with van der Waals surface area (Å²) in [6.07, 6.45) is 0. The molecule has 1 aromatic heterocycles. The van der Waals surface area contributed by atoms with Crippen LogP contribution < -0.4 is 10.1 Å². The monoisotopic (exact) mass is 437 g/mol. The lowest BCUT2D eigenvalue weighted by molar-refractivity contribution is -0.117. The molecule has 148 valence electrons. The molecule has 1 aliphatic rings. The van der Waals surface area contributed by atoms with Crippen molar-refractivity contribution < 1.29 is 13.9 Å². The van der Waals surface area contributed by atoms with E-state index in [4.69, 9.17) is 32.4 Å². The first-order valence-electron chi connectivity index (χ1n) is 9.05. The molecular formula is C22H13Cl2N3O3. The van der Waals surface area contributed by atoms with E-state index in [1.807, 2.05) is 48.5 Å². The van der Waals surface area contributed by atoms with Crippen LogP contribution in [0.15, 0.2) is 71.1 Å². The molecule has 0 atom stereocenters. The van der Waals surface area contributed by atoms with Gasteiger partial charge in [0.1, 0.15) is 11.5 Å². The molecular weight excluding hydrogens is 425 g/mol. The minimum Gasteiger partial charge on any atom is -0.457 e. The van der Waals surface area contributed by atoms with Crippen molar-refractivity contribution >= 4 is 35.1 Å². The molecule has 8 heteroatoms. The third-order valence-corrected chi connectivity index (χ3v) is 5.31. The summed E-state index contributed by atoms with van der Waals surface area (Å²) in [6.45, 7) is 0. The van der Waals surface area contributed by atoms with Crippen LogP contribution in [0.5, 0.6) is 11.5 Å². The number of anilines is 1. The number of aromatic nitrogens is 2. The van der Waals surface area contributed by atoms with Gasteiger partial charge in [0, 0.05) is 16.1 Å². The van der Waals surface area contributed by atoms with Gasteiger partial charge in [-0.2, -0.15) is 0 Å². The largest absolute Gasteiger partial charge is 0.457 e. The predicted molar refractivity (Wildman–Crippen MR) is 113 cm³/mol. The molecule has 3 aromatic carbocycles. The molecule has 0 saturated carbocycles. The van der Waals surface area contributed by atoms with Gasteiger partial charge in [-0.3, -0.25) is 10.1 Å². The SMILES string of the molecule is O=C(Nc1nnc(-c2ccc(Cl)cc2Cl)o1)C1c2ccccc2Oc2ccccc21. The minimum absolute atomic E-state index is 0.0255. The quantitative estimate of drug-likeness (QED) is 0.430. The summed E-state index contributed by atoms with van der Waals surface area (Å²) >= 11 is 12.1. The van der Waals surface area contributed by atoms with Crippen molar-refractivity contribution in [2.45, 2.75) is 5.92 Å². The molecule has 0 radical (unpaired) electrons. The predicted octanol–water partition coefficient (Wildman–Crippen LogP) is 5.92. The first-order chi connectivity index (χ1) is 14.6. The van der Waals surface area contributed by atoms with Crippen LogP contribution in [0.4, 0.5) is 6.01 Å². The molecule has 5 rings (SSSR count). The fourth-order valence-corrected chi connectivity index (χ4v) is 3.90. The fraction of sp³-hybridized carbons (Fsp3) is 0.0455. The van der Waals surface area contributed by atoms with Crippen LogP contribution in [0.2, 0.25) is 10.0 Å². The Morgan fingerprint density at radius 1 is 0.900 bits per heavy atom. The van der Waals surface area contributed by atoms with Gasteiger partial charge in [-0.05, 0) is 30.3 Å². The lowest BCUT2D eigenvalue weighted by atomic mass is 9.87. The summed E-state index contributed by atoms with van der Waals surface area (Å²) in [7, 11) is 0. The molecule has 1 aliphatic heterocycles. The van der Waals surface area contributed by atoms with Crippen molar-refractivity contribution in [1.82, 2.24) is 10.2 Å². The molecule has 6 nitrogen and oxygen atoms in total. The molecule has 0 spiro atoms. The normalized spacial score (nSPS) is 12.6. The van der Waals surface area contributed by atoms with E-state index in [1.54, 1.807) is 18.2 Å². The molecule has 1 N–H and O–H groups in total. The average molecular weight is 438 g/mol. The number of rotatable bonds is 3. The van der Waals surface area contributed by atoms with Crippen molar-refractivity contribution in [2.75, 3.05) is 5.32 Å². The topological polar surface area (TPSA) is 77.3 Å². The van der Waals surface area contributed by atoms with Crippen LogP contribution in [0, 0.1) is 0 Å². The van der Waals surface area contributed by atoms with Gasteiger partial charge >= 0.3 is 6.01 Å². The van der Waals surface area contributed by atoms with Crippen LogP contribution in [0.25, 0.3) is 11.5 Å². The van der Waals surface area contributed by atoms with Crippen molar-refractivity contribution in [2.24, 2.45) is 0 Å². The molecule has 4 aromatic rings. The highest BCUT2D eigenvalue weighted by atomic mass is 35.5. The second kappa shape index (κ2) is 7.48. The Labute approximate surface area is 181 Å². The second-order valence-electron chi connectivity index (χ2n) is 6.64. The zero-order valence-corrected chi connectivity index (χ0v) is 16.8. The molecule has 1 amide bonds. The summed E-state index contributed by atoms with van der Waals surface area (Å²) in [4.78, 5) is 13.2. The Morgan fingerprint density at radius 3 is 2.23 bits per heavy atom. The van der Waals surface area contributed by atoms with Crippen LogP contribution in [-0.2, 0) is 4.79 Å². The van der Waals surface area contributed by atoms with Crippen molar-refractivity contribution in [3.8, 4) is 23.0 Å². The first kappa shape index (κ1) is 18.7. The lowest BCUT2D eigenvalue weighted by Gasteiger charge is -2.26. The van der Waals surface area contributed by atoms with E-state index in [1.165, 1.54) is 0 Å². The van der Waals surface area contributed by atoms with Crippen LogP contribution >= 0.6 is 23.2 Å². The molecule has 0 saturated heterocycles. The number of fused-ring (bicyclic) bond motifs is 2. The average Bonchev–Trinajstić information content (AvgIpc) is 3.19. The first-order valence-corrected chi connectivity index (χ1v) is 9.81. The molecule has 30 heavy (non-hydrogen) atoms. The van der Waals surface area contributed by atoms with Gasteiger partial charge in [0.2, 0.25) is 5.91 Å². The number of amides is 1. The highest BCUT2D eigenvalue weighted by molar-refractivity contribution is 6.36. The van der Waals surface area contributed by atoms with E-state index in [0.29, 0.717) is 27.1 Å². The molecule has 0 unspecified atom stereocenters. The Kier molecular flexibility index (Phi) is 4.65. The van der Waals surface area contributed by atoms with Crippen molar-refractivity contribution in [1.29, 1.82) is 0 Å². The molecule has 0 aliphatic carbocycles. The summed E-state index contributed by atoms with van der Waals surface area (Å²) in [5, 5.41) is 11.5. The maximum absolute atomic E-state index is 13.2. The number of hydrogen-bond acceptors (Lipinski definition) is 5. The van der Waals surface area contributed by atoms with Crippen molar-refractivity contribution in [3.05, 3.63) is 87.9 Å². The van der Waals surface area contributed by atoms with E-state index < -0.39 is 5.92 Å². The van der Waals surface area contributed by atoms with Crippen LogP contribution in [0.3, 0.4) is 0 Å². The number of para-hydroxylation sites is 2. The number of nitrogens with zero attached hydrogens (tertiary/aromatic N) is 2. The van der Waals surface area contributed by atoms with E-state index in [-0.39, 0.29) is 17.8 Å². The van der Waals surface area contributed by atoms with Gasteiger partial charge in [-0.15, -0.1) is 5.10 Å². The summed E-state index contributed by atoms with van der Waals surface area (Å²) in [5.74, 6) is 0.557. The number of nitrogens with one attached hydrogen (secondary N) is 1. The zero-order valence-electron chi connectivity index (χ0n) is 15.3. The van der Waals surface area contributed by atoms with E-state index >= 15 is 0 Å². The maximum Gasteiger partial charge on any atom is 0.322 e. The third kappa shape index (κ3) is 3.30. The zero-order chi connectivity index (χ0) is 20.7. The Morgan fingerprint density at radius 2 is 1.57 bits per heavy atom. The Hall–Kier alpha value is -3.35. The molecule has 0 fully saturated rings. The summed E-state index contributed by atoms with van der Waals surface area (Å²) in [6, 6.07) is 19.7. The van der Waals surface area contributed by atoms with E-state index in [2.05, 4.69) is 15.5 Å². The number of benzene rings is 3. The van der Waals surface area contributed by atoms with Gasteiger partial charge in [-0.1, -0.05) is 64.7 Å². The Bertz CT molecular complexity index is 1230. The van der Waals surface area contributed by atoms with E-state index in [0.717, 1.165) is 11.1 Å². The summed E-state index contributed by atoms with van der Waals surface area (Å²) < 4.78 is 11.6. The van der Waals surface area contributed by atoms with Gasteiger partial charge in [0.15, 0.2) is 0 Å². The number of halogens is 2. The minimum atomic E-state index is -0.583. The maximum atomic E-state index is 13.2. The Balaban J connectivity index is 1.46. The van der Waals surface area contributed by atoms with E-state index in [9.17, 15) is 4.79 Å². The van der Waals surface area contributed by atoms with Gasteiger partial charge < -0.3 is 9.15 Å². The second-order valence-corrected chi connectivity index (χ2v) is 7.48. The number of carbonyl (C=O) groups is 1. The smallest absolute Gasteiger partial charge is 0.322 e. The van der Waals surface area contributed by atoms with Crippen LogP contribution in [-0.4, -0.2) is 16.1 Å². The van der Waals surface area contributed by atoms with Crippen LogP contribution in [0.1, 0.15) is 17.0 Å². The number of carbonyl (C=O) groups excluding carboxylic acids is 1. The van der Waals surface area contributed by atoms with Gasteiger partial charge in [0.05, 0.1) is 16.5 Å². The third-order valence-electron chi connectivity index (χ3n) is 4.76. The summed E-state index contributed by atoms with van der Waals surface area (Å²) in [5.41, 5.74) is 2.04.